The minimum atomic E-state index is 0. The zero-order valence-corrected chi connectivity index (χ0v) is 16.1. The van der Waals surface area contributed by atoms with E-state index < -0.39 is 0 Å². The highest BCUT2D eigenvalue weighted by Gasteiger charge is 2.20. The van der Waals surface area contributed by atoms with Crippen LogP contribution < -0.4 is 10.2 Å². The molecule has 22 heavy (non-hydrogen) atoms. The molecule has 0 saturated carbocycles. The van der Waals surface area contributed by atoms with Crippen LogP contribution in [-0.4, -0.2) is 50.1 Å². The monoisotopic (exact) mass is 434 g/mol. The highest BCUT2D eigenvalue weighted by Crippen LogP contribution is 2.25. The van der Waals surface area contributed by atoms with Crippen molar-refractivity contribution in [2.75, 3.05) is 44.2 Å². The van der Waals surface area contributed by atoms with Crippen molar-refractivity contribution < 1.29 is 0 Å². The molecule has 1 aromatic rings. The van der Waals surface area contributed by atoms with Crippen molar-refractivity contribution in [1.29, 1.82) is 0 Å². The Bertz CT molecular complexity index is 499. The van der Waals surface area contributed by atoms with Gasteiger partial charge in [-0.25, -0.2) is 4.99 Å². The van der Waals surface area contributed by atoms with E-state index in [4.69, 9.17) is 11.6 Å². The summed E-state index contributed by atoms with van der Waals surface area (Å²) in [5.41, 5.74) is 1.12. The molecule has 1 aliphatic heterocycles. The smallest absolute Gasteiger partial charge is 0.194 e. The SMILES string of the molecule is C=CCN=C(NCC)N1CCN(c2ccccc2Cl)CC1.I. The van der Waals surface area contributed by atoms with Crippen LogP contribution in [-0.2, 0) is 0 Å². The molecule has 1 aliphatic rings. The zero-order chi connectivity index (χ0) is 15.1. The quantitative estimate of drug-likeness (QED) is 0.342. The summed E-state index contributed by atoms with van der Waals surface area (Å²) in [6.07, 6.45) is 1.82. The standard InChI is InChI=1S/C16H23ClN4.HI/c1-3-9-19-16(18-4-2)21-12-10-20(11-13-21)15-8-6-5-7-14(15)17;/h3,5-8H,1,4,9-13H2,2H3,(H,18,19);1H. The Kier molecular flexibility index (Phi) is 8.63. The van der Waals surface area contributed by atoms with Crippen LogP contribution in [0.4, 0.5) is 5.69 Å². The Labute approximate surface area is 155 Å². The van der Waals surface area contributed by atoms with E-state index in [0.717, 1.165) is 49.4 Å². The number of rotatable bonds is 4. The van der Waals surface area contributed by atoms with Crippen molar-refractivity contribution in [1.82, 2.24) is 10.2 Å². The third kappa shape index (κ3) is 5.05. The van der Waals surface area contributed by atoms with Crippen LogP contribution in [0, 0.1) is 0 Å². The van der Waals surface area contributed by atoms with Gasteiger partial charge in [0.25, 0.3) is 0 Å². The number of para-hydroxylation sites is 1. The average molecular weight is 435 g/mol. The van der Waals surface area contributed by atoms with Gasteiger partial charge in [0.05, 0.1) is 17.3 Å². The Morgan fingerprint density at radius 3 is 2.59 bits per heavy atom. The lowest BCUT2D eigenvalue weighted by Gasteiger charge is -2.38. The highest BCUT2D eigenvalue weighted by atomic mass is 127. The fourth-order valence-electron chi connectivity index (χ4n) is 2.44. The average Bonchev–Trinajstić information content (AvgIpc) is 2.52. The van der Waals surface area contributed by atoms with Gasteiger partial charge in [-0.3, -0.25) is 0 Å². The molecule has 0 aliphatic carbocycles. The van der Waals surface area contributed by atoms with Gasteiger partial charge in [-0.15, -0.1) is 30.6 Å². The number of aliphatic imine (C=N–C) groups is 1. The van der Waals surface area contributed by atoms with Crippen LogP contribution in [0.25, 0.3) is 0 Å². The Morgan fingerprint density at radius 2 is 2.00 bits per heavy atom. The predicted octanol–water partition coefficient (Wildman–Crippen LogP) is 3.23. The van der Waals surface area contributed by atoms with Crippen LogP contribution in [0.2, 0.25) is 5.02 Å². The lowest BCUT2D eigenvalue weighted by atomic mass is 10.2. The topological polar surface area (TPSA) is 30.9 Å². The van der Waals surface area contributed by atoms with E-state index in [-0.39, 0.29) is 24.0 Å². The molecule has 1 fully saturated rings. The number of halogens is 2. The summed E-state index contributed by atoms with van der Waals surface area (Å²) < 4.78 is 0. The lowest BCUT2D eigenvalue weighted by Crippen LogP contribution is -2.52. The van der Waals surface area contributed by atoms with E-state index in [1.165, 1.54) is 0 Å². The van der Waals surface area contributed by atoms with Gasteiger partial charge >= 0.3 is 0 Å². The third-order valence-corrected chi connectivity index (χ3v) is 3.80. The van der Waals surface area contributed by atoms with Crippen LogP contribution in [0.15, 0.2) is 41.9 Å². The van der Waals surface area contributed by atoms with E-state index >= 15 is 0 Å². The Morgan fingerprint density at radius 1 is 1.32 bits per heavy atom. The second-order valence-electron chi connectivity index (χ2n) is 4.91. The van der Waals surface area contributed by atoms with Crippen molar-refractivity contribution in [3.63, 3.8) is 0 Å². The molecule has 4 nitrogen and oxygen atoms in total. The maximum Gasteiger partial charge on any atom is 0.194 e. The molecule has 0 unspecified atom stereocenters. The summed E-state index contributed by atoms with van der Waals surface area (Å²) in [5.74, 6) is 0.969. The molecule has 0 aromatic heterocycles. The van der Waals surface area contributed by atoms with Crippen molar-refractivity contribution in [2.24, 2.45) is 4.99 Å². The molecule has 0 bridgehead atoms. The first-order valence-corrected chi connectivity index (χ1v) is 7.77. The van der Waals surface area contributed by atoms with Crippen LogP contribution in [0.5, 0.6) is 0 Å². The van der Waals surface area contributed by atoms with E-state index in [9.17, 15) is 0 Å². The minimum absolute atomic E-state index is 0. The summed E-state index contributed by atoms with van der Waals surface area (Å²) in [7, 11) is 0. The van der Waals surface area contributed by atoms with Crippen molar-refractivity contribution in [2.45, 2.75) is 6.92 Å². The fraction of sp³-hybridized carbons (Fsp3) is 0.438. The number of nitrogens with zero attached hydrogens (tertiary/aromatic N) is 3. The van der Waals surface area contributed by atoms with Gasteiger partial charge < -0.3 is 15.1 Å². The molecule has 1 heterocycles. The fourth-order valence-corrected chi connectivity index (χ4v) is 2.70. The maximum atomic E-state index is 6.27. The molecule has 2 rings (SSSR count). The summed E-state index contributed by atoms with van der Waals surface area (Å²) in [4.78, 5) is 9.16. The van der Waals surface area contributed by atoms with E-state index in [1.54, 1.807) is 0 Å². The molecule has 0 radical (unpaired) electrons. The van der Waals surface area contributed by atoms with Crippen LogP contribution in [0.1, 0.15) is 6.92 Å². The first-order chi connectivity index (χ1) is 10.3. The molecule has 0 spiro atoms. The summed E-state index contributed by atoms with van der Waals surface area (Å²) in [6.45, 7) is 11.1. The second-order valence-corrected chi connectivity index (χ2v) is 5.32. The van der Waals surface area contributed by atoms with Crippen molar-refractivity contribution in [3.05, 3.63) is 41.9 Å². The number of anilines is 1. The Hall–Kier alpha value is -0.950. The molecule has 6 heteroatoms. The van der Waals surface area contributed by atoms with Gasteiger partial charge in [-0.2, -0.15) is 0 Å². The van der Waals surface area contributed by atoms with E-state index in [2.05, 4.69) is 39.7 Å². The van der Waals surface area contributed by atoms with Crippen LogP contribution in [0.3, 0.4) is 0 Å². The number of piperazine rings is 1. The highest BCUT2D eigenvalue weighted by molar-refractivity contribution is 14.0. The number of guanidine groups is 1. The molecule has 0 amide bonds. The number of hydrogen-bond donors (Lipinski definition) is 1. The van der Waals surface area contributed by atoms with Gasteiger partial charge in [-0.1, -0.05) is 29.8 Å². The first kappa shape index (κ1) is 19.1. The molecule has 0 atom stereocenters. The number of benzene rings is 1. The Balaban J connectivity index is 0.00000242. The van der Waals surface area contributed by atoms with Crippen molar-refractivity contribution >= 4 is 47.2 Å². The van der Waals surface area contributed by atoms with Crippen molar-refractivity contribution in [3.8, 4) is 0 Å². The lowest BCUT2D eigenvalue weighted by molar-refractivity contribution is 0.373. The summed E-state index contributed by atoms with van der Waals surface area (Å²) in [6, 6.07) is 8.02. The van der Waals surface area contributed by atoms with E-state index in [1.807, 2.05) is 24.3 Å². The molecule has 1 saturated heterocycles. The molecular formula is C16H24ClIN4. The molecule has 122 valence electrons. The second kappa shape index (κ2) is 9.94. The molecule has 1 aromatic carbocycles. The minimum Gasteiger partial charge on any atom is -0.367 e. The van der Waals surface area contributed by atoms with Gasteiger partial charge in [0.1, 0.15) is 0 Å². The predicted molar refractivity (Wildman–Crippen MR) is 107 cm³/mol. The zero-order valence-electron chi connectivity index (χ0n) is 13.0. The van der Waals surface area contributed by atoms with Gasteiger partial charge in [0.2, 0.25) is 0 Å². The summed E-state index contributed by atoms with van der Waals surface area (Å²) in [5, 5.41) is 4.15. The molecule has 1 N–H and O–H groups in total. The van der Waals surface area contributed by atoms with Gasteiger partial charge in [0.15, 0.2) is 5.96 Å². The number of hydrogen-bond acceptors (Lipinski definition) is 2. The number of nitrogens with one attached hydrogen (secondary N) is 1. The third-order valence-electron chi connectivity index (χ3n) is 3.48. The maximum absolute atomic E-state index is 6.27. The largest absolute Gasteiger partial charge is 0.367 e. The normalized spacial score (nSPS) is 15.3. The van der Waals surface area contributed by atoms with E-state index in [0.29, 0.717) is 6.54 Å². The summed E-state index contributed by atoms with van der Waals surface area (Å²) >= 11 is 6.27. The first-order valence-electron chi connectivity index (χ1n) is 7.40. The van der Waals surface area contributed by atoms with Gasteiger partial charge in [-0.05, 0) is 19.1 Å². The van der Waals surface area contributed by atoms with Crippen LogP contribution >= 0.6 is 35.6 Å². The molecular weight excluding hydrogens is 411 g/mol. The van der Waals surface area contributed by atoms with Gasteiger partial charge in [0, 0.05) is 32.7 Å².